The van der Waals surface area contributed by atoms with Gasteiger partial charge in [0.1, 0.15) is 0 Å². The third-order valence-electron chi connectivity index (χ3n) is 4.76. The average molecular weight is 294 g/mol. The van der Waals surface area contributed by atoms with Gasteiger partial charge in [0.05, 0.1) is 18.9 Å². The highest BCUT2D eigenvalue weighted by molar-refractivity contribution is 5.90. The summed E-state index contributed by atoms with van der Waals surface area (Å²) in [5.41, 5.74) is 0. The van der Waals surface area contributed by atoms with Crippen molar-refractivity contribution in [3.05, 3.63) is 0 Å². The third-order valence-corrected chi connectivity index (χ3v) is 4.76. The summed E-state index contributed by atoms with van der Waals surface area (Å²) < 4.78 is 4.78. The number of methoxy groups -OCH3 is 1. The maximum Gasteiger partial charge on any atom is 0.310 e. The fourth-order valence-electron chi connectivity index (χ4n) is 3.43. The zero-order valence-electron chi connectivity index (χ0n) is 12.4. The first kappa shape index (κ1) is 14.4. The molecule has 0 radical (unpaired) electrons. The number of piperidine rings is 1. The van der Waals surface area contributed by atoms with Crippen LogP contribution in [0.1, 0.15) is 32.1 Å². The SMILES string of the molecule is COC(=O)C1CCCN(C(=O)C2CC(=O)N(C3CC3)C2)C1. The Bertz CT molecular complexity index is 461. The fraction of sp³-hybridized carbons (Fsp3) is 0.800. The number of nitrogens with zero attached hydrogens (tertiary/aromatic N) is 2. The van der Waals surface area contributed by atoms with Crippen molar-refractivity contribution in [3.8, 4) is 0 Å². The summed E-state index contributed by atoms with van der Waals surface area (Å²) in [5, 5.41) is 0. The molecule has 0 aromatic carbocycles. The van der Waals surface area contributed by atoms with Gasteiger partial charge in [0, 0.05) is 32.1 Å². The van der Waals surface area contributed by atoms with Crippen LogP contribution in [0.3, 0.4) is 0 Å². The van der Waals surface area contributed by atoms with Crippen molar-refractivity contribution in [2.75, 3.05) is 26.7 Å². The van der Waals surface area contributed by atoms with Gasteiger partial charge in [-0.25, -0.2) is 0 Å². The highest BCUT2D eigenvalue weighted by Crippen LogP contribution is 2.33. The Kier molecular flexibility index (Phi) is 3.87. The van der Waals surface area contributed by atoms with Crippen LogP contribution in [-0.4, -0.2) is 60.4 Å². The van der Waals surface area contributed by atoms with Crippen LogP contribution in [0.15, 0.2) is 0 Å². The molecule has 116 valence electrons. The molecule has 2 amide bonds. The lowest BCUT2D eigenvalue weighted by Gasteiger charge is -2.33. The van der Waals surface area contributed by atoms with Crippen LogP contribution in [0.5, 0.6) is 0 Å². The van der Waals surface area contributed by atoms with Crippen LogP contribution in [0.25, 0.3) is 0 Å². The van der Waals surface area contributed by atoms with Crippen molar-refractivity contribution >= 4 is 17.8 Å². The van der Waals surface area contributed by atoms with Crippen molar-refractivity contribution in [1.29, 1.82) is 0 Å². The number of carbonyl (C=O) groups excluding carboxylic acids is 3. The molecular formula is C15H22N2O4. The van der Waals surface area contributed by atoms with Gasteiger partial charge in [-0.2, -0.15) is 0 Å². The molecule has 0 spiro atoms. The lowest BCUT2D eigenvalue weighted by Crippen LogP contribution is -2.45. The van der Waals surface area contributed by atoms with Gasteiger partial charge in [0.15, 0.2) is 0 Å². The Hall–Kier alpha value is -1.59. The van der Waals surface area contributed by atoms with E-state index in [1.54, 1.807) is 4.90 Å². The Morgan fingerprint density at radius 2 is 1.90 bits per heavy atom. The highest BCUT2D eigenvalue weighted by atomic mass is 16.5. The molecule has 3 aliphatic rings. The number of amides is 2. The molecule has 1 saturated carbocycles. The molecular weight excluding hydrogens is 272 g/mol. The maximum atomic E-state index is 12.6. The number of hydrogen-bond acceptors (Lipinski definition) is 4. The first-order chi connectivity index (χ1) is 10.1. The highest BCUT2D eigenvalue weighted by Gasteiger charge is 2.43. The molecule has 21 heavy (non-hydrogen) atoms. The standard InChI is InChI=1S/C15H22N2O4/c1-21-15(20)10-3-2-6-16(8-10)14(19)11-7-13(18)17(9-11)12-4-5-12/h10-12H,2-9H2,1H3. The summed E-state index contributed by atoms with van der Waals surface area (Å²) in [6, 6.07) is 0.375. The molecule has 2 atom stereocenters. The first-order valence-corrected chi connectivity index (χ1v) is 7.76. The molecule has 2 heterocycles. The topological polar surface area (TPSA) is 66.9 Å². The van der Waals surface area contributed by atoms with E-state index in [0.29, 0.717) is 32.1 Å². The van der Waals surface area contributed by atoms with E-state index in [1.165, 1.54) is 7.11 Å². The van der Waals surface area contributed by atoms with E-state index in [2.05, 4.69) is 0 Å². The van der Waals surface area contributed by atoms with Crippen LogP contribution in [-0.2, 0) is 19.1 Å². The monoisotopic (exact) mass is 294 g/mol. The second kappa shape index (κ2) is 5.66. The van der Waals surface area contributed by atoms with Gasteiger partial charge in [-0.3, -0.25) is 14.4 Å². The summed E-state index contributed by atoms with van der Waals surface area (Å²) >= 11 is 0. The number of carbonyl (C=O) groups is 3. The molecule has 0 N–H and O–H groups in total. The van der Waals surface area contributed by atoms with Crippen LogP contribution in [0.2, 0.25) is 0 Å². The Morgan fingerprint density at radius 3 is 2.57 bits per heavy atom. The largest absolute Gasteiger partial charge is 0.469 e. The lowest BCUT2D eigenvalue weighted by atomic mass is 9.96. The number of hydrogen-bond donors (Lipinski definition) is 0. The molecule has 0 aromatic heterocycles. The summed E-state index contributed by atoms with van der Waals surface area (Å²) in [7, 11) is 1.38. The van der Waals surface area contributed by atoms with Crippen molar-refractivity contribution in [1.82, 2.24) is 9.80 Å². The van der Waals surface area contributed by atoms with E-state index >= 15 is 0 Å². The zero-order valence-corrected chi connectivity index (χ0v) is 12.4. The van der Waals surface area contributed by atoms with Gasteiger partial charge in [0.25, 0.3) is 0 Å². The minimum absolute atomic E-state index is 0.0279. The quantitative estimate of drug-likeness (QED) is 0.707. The molecule has 3 fully saturated rings. The summed E-state index contributed by atoms with van der Waals surface area (Å²) in [4.78, 5) is 39.8. The Labute approximate surface area is 124 Å². The van der Waals surface area contributed by atoms with Crippen molar-refractivity contribution in [3.63, 3.8) is 0 Å². The van der Waals surface area contributed by atoms with E-state index in [1.807, 2.05) is 4.90 Å². The fourth-order valence-corrected chi connectivity index (χ4v) is 3.43. The minimum atomic E-state index is -0.241. The molecule has 6 nitrogen and oxygen atoms in total. The van der Waals surface area contributed by atoms with Crippen molar-refractivity contribution in [2.45, 2.75) is 38.1 Å². The van der Waals surface area contributed by atoms with Crippen molar-refractivity contribution in [2.24, 2.45) is 11.8 Å². The predicted octanol–water partition coefficient (Wildman–Crippen LogP) is 0.409. The Balaban J connectivity index is 1.60. The normalized spacial score (nSPS) is 29.7. The number of rotatable bonds is 3. The lowest BCUT2D eigenvalue weighted by molar-refractivity contribution is -0.149. The summed E-state index contributed by atoms with van der Waals surface area (Å²) in [5.74, 6) is -0.550. The van der Waals surface area contributed by atoms with E-state index < -0.39 is 0 Å². The van der Waals surface area contributed by atoms with Crippen LogP contribution < -0.4 is 0 Å². The van der Waals surface area contributed by atoms with Crippen molar-refractivity contribution < 1.29 is 19.1 Å². The van der Waals surface area contributed by atoms with Crippen LogP contribution in [0.4, 0.5) is 0 Å². The second-order valence-electron chi connectivity index (χ2n) is 6.32. The molecule has 2 unspecified atom stereocenters. The van der Waals surface area contributed by atoms with Gasteiger partial charge in [-0.05, 0) is 25.7 Å². The third kappa shape index (κ3) is 2.89. The number of likely N-dealkylation sites (tertiary alicyclic amines) is 2. The first-order valence-electron chi connectivity index (χ1n) is 7.76. The zero-order chi connectivity index (χ0) is 15.0. The minimum Gasteiger partial charge on any atom is -0.469 e. The van der Waals surface area contributed by atoms with Gasteiger partial charge in [0.2, 0.25) is 11.8 Å². The van der Waals surface area contributed by atoms with Crippen LogP contribution in [0, 0.1) is 11.8 Å². The van der Waals surface area contributed by atoms with Gasteiger partial charge in [-0.15, -0.1) is 0 Å². The Morgan fingerprint density at radius 1 is 1.14 bits per heavy atom. The van der Waals surface area contributed by atoms with E-state index in [4.69, 9.17) is 4.74 Å². The summed E-state index contributed by atoms with van der Waals surface area (Å²) in [6.45, 7) is 1.67. The van der Waals surface area contributed by atoms with E-state index in [9.17, 15) is 14.4 Å². The molecule has 1 aliphatic carbocycles. The smallest absolute Gasteiger partial charge is 0.310 e. The second-order valence-corrected chi connectivity index (χ2v) is 6.32. The van der Waals surface area contributed by atoms with Gasteiger partial charge in [-0.1, -0.05) is 0 Å². The summed E-state index contributed by atoms with van der Waals surface area (Å²) in [6.07, 6.45) is 4.06. The van der Waals surface area contributed by atoms with Crippen LogP contribution >= 0.6 is 0 Å². The maximum absolute atomic E-state index is 12.6. The number of ether oxygens (including phenoxy) is 1. The molecule has 0 bridgehead atoms. The predicted molar refractivity (Wildman–Crippen MR) is 74.2 cm³/mol. The molecule has 2 aliphatic heterocycles. The molecule has 6 heteroatoms. The molecule has 2 saturated heterocycles. The number of esters is 1. The molecule has 3 rings (SSSR count). The van der Waals surface area contributed by atoms with E-state index in [-0.39, 0.29) is 29.6 Å². The van der Waals surface area contributed by atoms with Gasteiger partial charge >= 0.3 is 5.97 Å². The van der Waals surface area contributed by atoms with E-state index in [0.717, 1.165) is 25.7 Å². The average Bonchev–Trinajstić information content (AvgIpc) is 3.28. The molecule has 0 aromatic rings. The van der Waals surface area contributed by atoms with Gasteiger partial charge < -0.3 is 14.5 Å².